The second-order valence-corrected chi connectivity index (χ2v) is 7.71. The minimum Gasteiger partial charge on any atom is -0.333 e. The molecule has 0 aromatic heterocycles. The molecule has 2 aromatic carbocycles. The highest BCUT2D eigenvalue weighted by Crippen LogP contribution is 2.36. The van der Waals surface area contributed by atoms with Gasteiger partial charge in [-0.2, -0.15) is 0 Å². The summed E-state index contributed by atoms with van der Waals surface area (Å²) in [5, 5.41) is 5.92. The van der Waals surface area contributed by atoms with Crippen LogP contribution in [-0.2, 0) is 4.79 Å². The lowest BCUT2D eigenvalue weighted by Crippen LogP contribution is -2.35. The van der Waals surface area contributed by atoms with Crippen LogP contribution in [0.2, 0.25) is 0 Å². The molecule has 2 aliphatic rings. The number of carbonyl (C=O) groups excluding carboxylic acids is 1. The van der Waals surface area contributed by atoms with Gasteiger partial charge in [-0.15, -0.1) is 12.4 Å². The smallest absolute Gasteiger partial charge is 0.223 e. The van der Waals surface area contributed by atoms with Gasteiger partial charge in [-0.1, -0.05) is 36.4 Å². The first-order valence-corrected chi connectivity index (χ1v) is 9.73. The predicted molar refractivity (Wildman–Crippen MR) is 110 cm³/mol. The van der Waals surface area contributed by atoms with Gasteiger partial charge >= 0.3 is 0 Å². The van der Waals surface area contributed by atoms with Crippen LogP contribution in [0.25, 0.3) is 10.8 Å². The third-order valence-corrected chi connectivity index (χ3v) is 5.83. The standard InChI is InChI=1S/C22H28N2O.ClH/c1-16(19-8-7-18-4-2-3-5-20(18)14-19)24(21-9-10-21)22(25)11-6-17-12-13-23-15-17;/h2-5,7-8,14,16-17,21,23H,6,9-13,15H2,1H3;1H. The molecule has 1 saturated carbocycles. The van der Waals surface area contributed by atoms with E-state index < -0.39 is 0 Å². The summed E-state index contributed by atoms with van der Waals surface area (Å²) in [6, 6.07) is 15.7. The van der Waals surface area contributed by atoms with Crippen molar-refractivity contribution in [2.24, 2.45) is 5.92 Å². The molecule has 2 aromatic rings. The van der Waals surface area contributed by atoms with E-state index in [9.17, 15) is 4.79 Å². The summed E-state index contributed by atoms with van der Waals surface area (Å²) in [6.07, 6.45) is 5.26. The van der Waals surface area contributed by atoms with Crippen molar-refractivity contribution < 1.29 is 4.79 Å². The fourth-order valence-corrected chi connectivity index (χ4v) is 4.13. The van der Waals surface area contributed by atoms with Crippen molar-refractivity contribution in [1.29, 1.82) is 0 Å². The Morgan fingerprint density at radius 2 is 1.92 bits per heavy atom. The Morgan fingerprint density at radius 1 is 1.15 bits per heavy atom. The quantitative estimate of drug-likeness (QED) is 0.796. The van der Waals surface area contributed by atoms with Crippen LogP contribution in [0.5, 0.6) is 0 Å². The zero-order valence-corrected chi connectivity index (χ0v) is 16.3. The number of rotatable bonds is 6. The number of nitrogens with one attached hydrogen (secondary N) is 1. The van der Waals surface area contributed by atoms with E-state index in [0.717, 1.165) is 32.4 Å². The number of benzene rings is 2. The van der Waals surface area contributed by atoms with E-state index in [2.05, 4.69) is 59.6 Å². The molecule has 140 valence electrons. The maximum Gasteiger partial charge on any atom is 0.223 e. The average molecular weight is 373 g/mol. The molecule has 2 fully saturated rings. The molecule has 4 rings (SSSR count). The van der Waals surface area contributed by atoms with E-state index in [1.165, 1.54) is 22.8 Å². The van der Waals surface area contributed by atoms with Crippen molar-refractivity contribution >= 4 is 29.1 Å². The van der Waals surface area contributed by atoms with Crippen LogP contribution >= 0.6 is 12.4 Å². The number of carbonyl (C=O) groups is 1. The molecule has 4 heteroatoms. The summed E-state index contributed by atoms with van der Waals surface area (Å²) in [5.74, 6) is 1.02. The summed E-state index contributed by atoms with van der Waals surface area (Å²) in [6.45, 7) is 4.38. The predicted octanol–water partition coefficient (Wildman–Crippen LogP) is 4.70. The molecule has 1 aliphatic heterocycles. The Bertz CT molecular complexity index is 753. The van der Waals surface area contributed by atoms with E-state index in [-0.39, 0.29) is 18.4 Å². The highest BCUT2D eigenvalue weighted by molar-refractivity contribution is 5.85. The minimum absolute atomic E-state index is 0. The summed E-state index contributed by atoms with van der Waals surface area (Å²) >= 11 is 0. The molecule has 0 spiro atoms. The maximum atomic E-state index is 13.0. The van der Waals surface area contributed by atoms with E-state index in [1.807, 2.05) is 0 Å². The third kappa shape index (κ3) is 4.21. The second-order valence-electron chi connectivity index (χ2n) is 7.71. The molecule has 2 unspecified atom stereocenters. The van der Waals surface area contributed by atoms with Crippen LogP contribution in [-0.4, -0.2) is 29.9 Å². The van der Waals surface area contributed by atoms with Gasteiger partial charge in [0.25, 0.3) is 0 Å². The monoisotopic (exact) mass is 372 g/mol. The number of amides is 1. The lowest BCUT2D eigenvalue weighted by atomic mass is 9.99. The number of halogens is 1. The molecule has 1 saturated heterocycles. The summed E-state index contributed by atoms with van der Waals surface area (Å²) < 4.78 is 0. The molecular weight excluding hydrogens is 344 g/mol. The van der Waals surface area contributed by atoms with Gasteiger partial charge in [-0.25, -0.2) is 0 Å². The molecule has 2 atom stereocenters. The fraction of sp³-hybridized carbons (Fsp3) is 0.500. The van der Waals surface area contributed by atoms with Gasteiger partial charge in [0, 0.05) is 12.5 Å². The molecule has 1 aliphatic carbocycles. The van der Waals surface area contributed by atoms with Crippen LogP contribution < -0.4 is 5.32 Å². The Balaban J connectivity index is 0.00000196. The Morgan fingerprint density at radius 3 is 2.62 bits per heavy atom. The van der Waals surface area contributed by atoms with Crippen molar-refractivity contribution in [3.05, 3.63) is 48.0 Å². The first kappa shape index (κ1) is 19.2. The van der Waals surface area contributed by atoms with Crippen molar-refractivity contribution in [3.8, 4) is 0 Å². The fourth-order valence-electron chi connectivity index (χ4n) is 4.13. The van der Waals surface area contributed by atoms with Crippen molar-refractivity contribution in [2.45, 2.75) is 51.1 Å². The van der Waals surface area contributed by atoms with Crippen LogP contribution in [0.4, 0.5) is 0 Å². The Hall–Kier alpha value is -1.58. The largest absolute Gasteiger partial charge is 0.333 e. The van der Waals surface area contributed by atoms with Crippen LogP contribution in [0, 0.1) is 5.92 Å². The summed E-state index contributed by atoms with van der Waals surface area (Å²) in [4.78, 5) is 15.1. The van der Waals surface area contributed by atoms with Gasteiger partial charge in [-0.3, -0.25) is 4.79 Å². The molecule has 3 nitrogen and oxygen atoms in total. The Labute approximate surface area is 162 Å². The average Bonchev–Trinajstić information content (AvgIpc) is 3.33. The van der Waals surface area contributed by atoms with Crippen molar-refractivity contribution in [3.63, 3.8) is 0 Å². The van der Waals surface area contributed by atoms with Crippen LogP contribution in [0.1, 0.15) is 50.6 Å². The van der Waals surface area contributed by atoms with Gasteiger partial charge in [0.05, 0.1) is 6.04 Å². The van der Waals surface area contributed by atoms with Gasteiger partial charge in [-0.05, 0) is 74.0 Å². The molecule has 0 bridgehead atoms. The molecule has 1 heterocycles. The number of hydrogen-bond donors (Lipinski definition) is 1. The SMILES string of the molecule is CC(c1ccc2ccccc2c1)N(C(=O)CCC1CCNC1)C1CC1.Cl. The Kier molecular flexibility index (Phi) is 6.20. The van der Waals surface area contributed by atoms with Gasteiger partial charge in [0.15, 0.2) is 0 Å². The van der Waals surface area contributed by atoms with E-state index in [4.69, 9.17) is 0 Å². The zero-order chi connectivity index (χ0) is 17.2. The summed E-state index contributed by atoms with van der Waals surface area (Å²) in [7, 11) is 0. The number of nitrogens with zero attached hydrogens (tertiary/aromatic N) is 1. The highest BCUT2D eigenvalue weighted by atomic mass is 35.5. The van der Waals surface area contributed by atoms with Gasteiger partial charge in [0.1, 0.15) is 0 Å². The van der Waals surface area contributed by atoms with Crippen LogP contribution in [0.15, 0.2) is 42.5 Å². The number of hydrogen-bond acceptors (Lipinski definition) is 2. The molecule has 1 N–H and O–H groups in total. The third-order valence-electron chi connectivity index (χ3n) is 5.83. The second kappa shape index (κ2) is 8.41. The first-order chi connectivity index (χ1) is 12.2. The van der Waals surface area contributed by atoms with E-state index in [1.54, 1.807) is 0 Å². The van der Waals surface area contributed by atoms with Gasteiger partial charge < -0.3 is 10.2 Å². The molecule has 1 amide bonds. The van der Waals surface area contributed by atoms with Crippen molar-refractivity contribution in [1.82, 2.24) is 10.2 Å². The maximum absolute atomic E-state index is 13.0. The summed E-state index contributed by atoms with van der Waals surface area (Å²) in [5.41, 5.74) is 1.25. The van der Waals surface area contributed by atoms with Crippen LogP contribution in [0.3, 0.4) is 0 Å². The van der Waals surface area contributed by atoms with E-state index >= 15 is 0 Å². The molecular formula is C22H29ClN2O. The minimum atomic E-state index is 0. The van der Waals surface area contributed by atoms with Crippen molar-refractivity contribution in [2.75, 3.05) is 13.1 Å². The normalized spacial score (nSPS) is 20.6. The first-order valence-electron chi connectivity index (χ1n) is 9.73. The van der Waals surface area contributed by atoms with Gasteiger partial charge in [0.2, 0.25) is 5.91 Å². The molecule has 0 radical (unpaired) electrons. The number of fused-ring (bicyclic) bond motifs is 1. The topological polar surface area (TPSA) is 32.3 Å². The lowest BCUT2D eigenvalue weighted by molar-refractivity contribution is -0.134. The van der Waals surface area contributed by atoms with E-state index in [0.29, 0.717) is 24.3 Å². The highest BCUT2D eigenvalue weighted by Gasteiger charge is 2.36. The zero-order valence-electron chi connectivity index (χ0n) is 15.5. The molecule has 26 heavy (non-hydrogen) atoms. The lowest BCUT2D eigenvalue weighted by Gasteiger charge is -2.30.